The Morgan fingerprint density at radius 2 is 1.88 bits per heavy atom. The van der Waals surface area contributed by atoms with Crippen molar-refractivity contribution in [3.05, 3.63) is 77.1 Å². The van der Waals surface area contributed by atoms with Crippen molar-refractivity contribution in [1.29, 1.82) is 5.26 Å². The number of piperidine rings is 1. The van der Waals surface area contributed by atoms with E-state index in [0.29, 0.717) is 42.8 Å². The second-order valence-electron chi connectivity index (χ2n) is 8.63. The zero-order chi connectivity index (χ0) is 24.2. The van der Waals surface area contributed by atoms with Gasteiger partial charge in [-0.25, -0.2) is 8.78 Å². The van der Waals surface area contributed by atoms with Crippen LogP contribution in [0, 0.1) is 17.1 Å². The van der Waals surface area contributed by atoms with Crippen molar-refractivity contribution >= 4 is 16.7 Å². The molecule has 1 atom stereocenters. The number of alkyl halides is 1. The number of halogens is 2. The van der Waals surface area contributed by atoms with Crippen molar-refractivity contribution in [2.75, 3.05) is 27.2 Å². The number of nitriles is 1. The molecule has 3 aromatic carbocycles. The third-order valence-electron chi connectivity index (χ3n) is 6.44. The van der Waals surface area contributed by atoms with Crippen LogP contribution < -0.4 is 4.74 Å². The zero-order valence-electron chi connectivity index (χ0n) is 19.3. The second-order valence-corrected chi connectivity index (χ2v) is 8.63. The summed E-state index contributed by atoms with van der Waals surface area (Å²) in [6.07, 6.45) is -0.156. The number of rotatable bonds is 6. The Balaban J connectivity index is 1.70. The summed E-state index contributed by atoms with van der Waals surface area (Å²) in [5.41, 5.74) is 1.81. The number of carbonyl (C=O) groups excluding carboxylic acids is 1. The van der Waals surface area contributed by atoms with Gasteiger partial charge in [0.25, 0.3) is 0 Å². The number of nitrogens with zero attached hydrogens (tertiary/aromatic N) is 3. The molecule has 1 unspecified atom stereocenters. The van der Waals surface area contributed by atoms with Gasteiger partial charge in [0.05, 0.1) is 12.7 Å². The molecular formula is C27H27F2N3O2. The van der Waals surface area contributed by atoms with Gasteiger partial charge in [-0.15, -0.1) is 0 Å². The number of likely N-dealkylation sites (tertiary alicyclic amines) is 1. The van der Waals surface area contributed by atoms with Crippen LogP contribution in [0.2, 0.25) is 0 Å². The monoisotopic (exact) mass is 463 g/mol. The second kappa shape index (κ2) is 10.2. The van der Waals surface area contributed by atoms with Crippen molar-refractivity contribution in [3.8, 4) is 11.8 Å². The highest BCUT2D eigenvalue weighted by molar-refractivity contribution is 5.91. The SMILES string of the molecule is COc1c(C#N)cc2ccccc2c1CN(C)C(=O)C(c1ccc(F)cc1)N1CCC(F)CC1. The van der Waals surface area contributed by atoms with Gasteiger partial charge in [0.15, 0.2) is 0 Å². The van der Waals surface area contributed by atoms with Gasteiger partial charge in [-0.1, -0.05) is 36.4 Å². The first kappa shape index (κ1) is 23.7. The number of benzene rings is 3. The van der Waals surface area contributed by atoms with Crippen LogP contribution in [0.25, 0.3) is 10.8 Å². The average molecular weight is 464 g/mol. The Labute approximate surface area is 198 Å². The molecule has 0 bridgehead atoms. The van der Waals surface area contributed by atoms with Gasteiger partial charge in [-0.3, -0.25) is 9.69 Å². The van der Waals surface area contributed by atoms with Gasteiger partial charge in [0, 0.05) is 32.2 Å². The number of likely N-dealkylation sites (N-methyl/N-ethyl adjacent to an activating group) is 1. The summed E-state index contributed by atoms with van der Waals surface area (Å²) in [4.78, 5) is 17.4. The Bertz CT molecular complexity index is 1220. The molecule has 1 heterocycles. The molecule has 4 rings (SSSR count). The molecule has 0 aromatic heterocycles. The predicted molar refractivity (Wildman–Crippen MR) is 127 cm³/mol. The molecule has 3 aromatic rings. The molecule has 1 aliphatic rings. The van der Waals surface area contributed by atoms with E-state index in [1.165, 1.54) is 19.2 Å². The molecule has 0 N–H and O–H groups in total. The topological polar surface area (TPSA) is 56.6 Å². The molecule has 1 aliphatic heterocycles. The molecule has 1 fully saturated rings. The van der Waals surface area contributed by atoms with Gasteiger partial charge >= 0.3 is 0 Å². The smallest absolute Gasteiger partial charge is 0.244 e. The van der Waals surface area contributed by atoms with Crippen LogP contribution in [0.4, 0.5) is 8.78 Å². The highest BCUT2D eigenvalue weighted by Crippen LogP contribution is 2.34. The summed E-state index contributed by atoms with van der Waals surface area (Å²) in [7, 11) is 3.22. The van der Waals surface area contributed by atoms with Crippen molar-refractivity contribution in [3.63, 3.8) is 0 Å². The molecule has 1 amide bonds. The fraction of sp³-hybridized carbons (Fsp3) is 0.333. The summed E-state index contributed by atoms with van der Waals surface area (Å²) in [6.45, 7) is 1.10. The summed E-state index contributed by atoms with van der Waals surface area (Å²) >= 11 is 0. The minimum atomic E-state index is -0.873. The number of fused-ring (bicyclic) bond motifs is 1. The molecule has 5 nitrogen and oxygen atoms in total. The number of amides is 1. The van der Waals surface area contributed by atoms with Gasteiger partial charge in [0.2, 0.25) is 5.91 Å². The average Bonchev–Trinajstić information content (AvgIpc) is 2.86. The molecular weight excluding hydrogens is 436 g/mol. The zero-order valence-corrected chi connectivity index (χ0v) is 19.3. The van der Waals surface area contributed by atoms with Crippen molar-refractivity contribution in [1.82, 2.24) is 9.80 Å². The normalized spacial score (nSPS) is 15.6. The van der Waals surface area contributed by atoms with Crippen LogP contribution in [0.1, 0.15) is 35.6 Å². The largest absolute Gasteiger partial charge is 0.495 e. The van der Waals surface area contributed by atoms with E-state index in [4.69, 9.17) is 4.74 Å². The van der Waals surface area contributed by atoms with Crippen LogP contribution >= 0.6 is 0 Å². The maximum atomic E-state index is 13.8. The van der Waals surface area contributed by atoms with Crippen LogP contribution in [0.15, 0.2) is 54.6 Å². The van der Waals surface area contributed by atoms with E-state index in [0.717, 1.165) is 16.3 Å². The van der Waals surface area contributed by atoms with E-state index in [9.17, 15) is 18.8 Å². The summed E-state index contributed by atoms with van der Waals surface area (Å²) < 4.78 is 33.0. The maximum absolute atomic E-state index is 13.8. The summed E-state index contributed by atoms with van der Waals surface area (Å²) in [5, 5.41) is 11.4. The fourth-order valence-corrected chi connectivity index (χ4v) is 4.68. The lowest BCUT2D eigenvalue weighted by Gasteiger charge is -2.37. The molecule has 0 saturated carbocycles. The molecule has 0 aliphatic carbocycles. The number of hydrogen-bond acceptors (Lipinski definition) is 4. The van der Waals surface area contributed by atoms with Crippen molar-refractivity contribution in [2.45, 2.75) is 31.6 Å². The van der Waals surface area contributed by atoms with Crippen molar-refractivity contribution in [2.24, 2.45) is 0 Å². The minimum Gasteiger partial charge on any atom is -0.495 e. The van der Waals surface area contributed by atoms with Crippen LogP contribution in [0.5, 0.6) is 5.75 Å². The first-order valence-electron chi connectivity index (χ1n) is 11.3. The highest BCUT2D eigenvalue weighted by Gasteiger charge is 2.33. The molecule has 7 heteroatoms. The summed E-state index contributed by atoms with van der Waals surface area (Å²) in [6, 6.07) is 16.9. The van der Waals surface area contributed by atoms with Gasteiger partial charge < -0.3 is 9.64 Å². The maximum Gasteiger partial charge on any atom is 0.244 e. The molecule has 34 heavy (non-hydrogen) atoms. The number of ether oxygens (including phenoxy) is 1. The Kier molecular flexibility index (Phi) is 7.09. The lowest BCUT2D eigenvalue weighted by molar-refractivity contribution is -0.137. The minimum absolute atomic E-state index is 0.183. The third-order valence-corrected chi connectivity index (χ3v) is 6.44. The highest BCUT2D eigenvalue weighted by atomic mass is 19.1. The van der Waals surface area contributed by atoms with Crippen molar-refractivity contribution < 1.29 is 18.3 Å². The van der Waals surface area contributed by atoms with Gasteiger partial charge in [-0.05, 0) is 47.4 Å². The third kappa shape index (κ3) is 4.73. The summed E-state index contributed by atoms with van der Waals surface area (Å²) in [5.74, 6) is -0.120. The molecule has 176 valence electrons. The van der Waals surface area contributed by atoms with Crippen LogP contribution in [-0.2, 0) is 11.3 Å². The Morgan fingerprint density at radius 3 is 2.53 bits per heavy atom. The predicted octanol–water partition coefficient (Wildman–Crippen LogP) is 4.99. The Morgan fingerprint density at radius 1 is 1.21 bits per heavy atom. The quantitative estimate of drug-likeness (QED) is 0.517. The van der Waals surface area contributed by atoms with E-state index >= 15 is 0 Å². The lowest BCUT2D eigenvalue weighted by atomic mass is 9.97. The van der Waals surface area contributed by atoms with E-state index in [1.807, 2.05) is 29.2 Å². The van der Waals surface area contributed by atoms with Crippen LogP contribution in [0.3, 0.4) is 0 Å². The molecule has 0 radical (unpaired) electrons. The van der Waals surface area contributed by atoms with E-state index in [2.05, 4.69) is 6.07 Å². The fourth-order valence-electron chi connectivity index (χ4n) is 4.68. The standard InChI is InChI=1S/C27H27F2N3O2/c1-31(17-24-23-6-4-3-5-19(23)15-20(16-30)26(24)34-2)27(33)25(18-7-9-21(28)10-8-18)32-13-11-22(29)12-14-32/h3-10,15,22,25H,11-14,17H2,1-2H3. The van der Waals surface area contributed by atoms with E-state index < -0.39 is 12.2 Å². The first-order chi connectivity index (χ1) is 16.4. The first-order valence-corrected chi connectivity index (χ1v) is 11.3. The van der Waals surface area contributed by atoms with E-state index in [-0.39, 0.29) is 18.3 Å². The molecule has 0 spiro atoms. The number of hydrogen-bond donors (Lipinski definition) is 0. The lowest BCUT2D eigenvalue weighted by Crippen LogP contribution is -2.45. The number of methoxy groups -OCH3 is 1. The Hall–Kier alpha value is -3.50. The molecule has 1 saturated heterocycles. The van der Waals surface area contributed by atoms with Crippen LogP contribution in [-0.4, -0.2) is 49.1 Å². The van der Waals surface area contributed by atoms with E-state index in [1.54, 1.807) is 30.1 Å². The van der Waals surface area contributed by atoms with Gasteiger partial charge in [0.1, 0.15) is 29.8 Å². The van der Waals surface area contributed by atoms with Gasteiger partial charge in [-0.2, -0.15) is 5.26 Å². The number of carbonyl (C=O) groups is 1.